The number of carbonyl (C=O) groups is 1. The standard InChI is InChI=1S/C13H15N3O3S/c1-20(18,19)16(9-13(17)15-14)12-8-4-6-10-5-2-3-7-11(10)12/h2-8H,9,14H2,1H3,(H,15,17). The fraction of sp³-hybridized carbons (Fsp3) is 0.154. The van der Waals surface area contributed by atoms with Crippen LogP contribution in [0.15, 0.2) is 42.5 Å². The second-order valence-corrected chi connectivity index (χ2v) is 6.24. The molecular formula is C13H15N3O3S. The summed E-state index contributed by atoms with van der Waals surface area (Å²) in [5, 5.41) is 1.65. The molecule has 0 fully saturated rings. The number of hydrogen-bond donors (Lipinski definition) is 2. The van der Waals surface area contributed by atoms with E-state index < -0.39 is 15.9 Å². The highest BCUT2D eigenvalue weighted by Crippen LogP contribution is 2.28. The van der Waals surface area contributed by atoms with E-state index >= 15 is 0 Å². The molecule has 0 saturated carbocycles. The van der Waals surface area contributed by atoms with Crippen molar-refractivity contribution in [2.45, 2.75) is 0 Å². The van der Waals surface area contributed by atoms with Crippen molar-refractivity contribution in [2.24, 2.45) is 5.84 Å². The Morgan fingerprint density at radius 3 is 2.50 bits per heavy atom. The summed E-state index contributed by atoms with van der Waals surface area (Å²) in [6.45, 7) is -0.358. The fourth-order valence-electron chi connectivity index (χ4n) is 1.98. The largest absolute Gasteiger partial charge is 0.293 e. The molecule has 0 atom stereocenters. The van der Waals surface area contributed by atoms with E-state index in [-0.39, 0.29) is 6.54 Å². The van der Waals surface area contributed by atoms with Crippen LogP contribution < -0.4 is 15.6 Å². The predicted octanol–water partition coefficient (Wildman–Crippen LogP) is 0.596. The lowest BCUT2D eigenvalue weighted by Crippen LogP contribution is -2.42. The number of rotatable bonds is 4. The smallest absolute Gasteiger partial charge is 0.254 e. The monoisotopic (exact) mass is 293 g/mol. The van der Waals surface area contributed by atoms with Crippen molar-refractivity contribution in [3.8, 4) is 0 Å². The predicted molar refractivity (Wildman–Crippen MR) is 78.5 cm³/mol. The molecule has 0 spiro atoms. The first-order chi connectivity index (χ1) is 9.43. The van der Waals surface area contributed by atoms with E-state index in [1.165, 1.54) is 0 Å². The average Bonchev–Trinajstić information content (AvgIpc) is 2.43. The van der Waals surface area contributed by atoms with Gasteiger partial charge in [0.25, 0.3) is 5.91 Å². The van der Waals surface area contributed by atoms with Crippen LogP contribution in [0.1, 0.15) is 0 Å². The van der Waals surface area contributed by atoms with Crippen molar-refractivity contribution in [1.82, 2.24) is 5.43 Å². The van der Waals surface area contributed by atoms with Crippen molar-refractivity contribution in [3.63, 3.8) is 0 Å². The Balaban J connectivity index is 2.60. The molecule has 0 aliphatic carbocycles. The number of nitrogens with two attached hydrogens (primary N) is 1. The van der Waals surface area contributed by atoms with Gasteiger partial charge < -0.3 is 0 Å². The summed E-state index contributed by atoms with van der Waals surface area (Å²) in [5.74, 6) is 4.45. The molecule has 6 nitrogen and oxygen atoms in total. The van der Waals surface area contributed by atoms with Crippen molar-refractivity contribution in [3.05, 3.63) is 42.5 Å². The Bertz CT molecular complexity index is 738. The van der Waals surface area contributed by atoms with Crippen LogP contribution in [0.5, 0.6) is 0 Å². The van der Waals surface area contributed by atoms with Crippen LogP contribution in [0, 0.1) is 0 Å². The third-order valence-electron chi connectivity index (χ3n) is 2.88. The number of sulfonamides is 1. The highest BCUT2D eigenvalue weighted by molar-refractivity contribution is 7.92. The van der Waals surface area contributed by atoms with E-state index in [4.69, 9.17) is 5.84 Å². The highest BCUT2D eigenvalue weighted by Gasteiger charge is 2.21. The topological polar surface area (TPSA) is 92.5 Å². The number of hydrazine groups is 1. The Kier molecular flexibility index (Phi) is 3.91. The van der Waals surface area contributed by atoms with Crippen LogP contribution in [0.25, 0.3) is 10.8 Å². The molecule has 3 N–H and O–H groups in total. The zero-order chi connectivity index (χ0) is 14.8. The maximum absolute atomic E-state index is 11.9. The van der Waals surface area contributed by atoms with Crippen molar-refractivity contribution in [2.75, 3.05) is 17.1 Å². The first-order valence-electron chi connectivity index (χ1n) is 5.88. The lowest BCUT2D eigenvalue weighted by molar-refractivity contribution is -0.119. The van der Waals surface area contributed by atoms with Crippen LogP contribution in [0.4, 0.5) is 5.69 Å². The molecule has 2 aromatic carbocycles. The summed E-state index contributed by atoms with van der Waals surface area (Å²) < 4.78 is 24.9. The molecule has 0 bridgehead atoms. The molecule has 0 aliphatic heterocycles. The number of fused-ring (bicyclic) bond motifs is 1. The first-order valence-corrected chi connectivity index (χ1v) is 7.73. The molecule has 0 heterocycles. The Morgan fingerprint density at radius 1 is 1.20 bits per heavy atom. The van der Waals surface area contributed by atoms with Gasteiger partial charge in [0, 0.05) is 5.39 Å². The molecule has 0 unspecified atom stereocenters. The normalized spacial score (nSPS) is 11.3. The summed E-state index contributed by atoms with van der Waals surface area (Å²) in [5.41, 5.74) is 2.39. The van der Waals surface area contributed by atoms with Gasteiger partial charge in [0.2, 0.25) is 10.0 Å². The zero-order valence-electron chi connectivity index (χ0n) is 10.9. The van der Waals surface area contributed by atoms with Crippen LogP contribution in [-0.2, 0) is 14.8 Å². The minimum absolute atomic E-state index is 0.358. The molecule has 0 radical (unpaired) electrons. The molecule has 0 aromatic heterocycles. The minimum atomic E-state index is -3.60. The maximum Gasteiger partial charge on any atom is 0.254 e. The van der Waals surface area contributed by atoms with Gasteiger partial charge in [-0.05, 0) is 11.5 Å². The number of carbonyl (C=O) groups excluding carboxylic acids is 1. The maximum atomic E-state index is 11.9. The second kappa shape index (κ2) is 5.48. The van der Waals surface area contributed by atoms with Crippen LogP contribution in [0.2, 0.25) is 0 Å². The van der Waals surface area contributed by atoms with Gasteiger partial charge in [-0.1, -0.05) is 36.4 Å². The van der Waals surface area contributed by atoms with E-state index in [0.717, 1.165) is 21.3 Å². The summed E-state index contributed by atoms with van der Waals surface area (Å²) in [7, 11) is -3.60. The molecule has 2 aromatic rings. The van der Waals surface area contributed by atoms with Crippen LogP contribution >= 0.6 is 0 Å². The summed E-state index contributed by atoms with van der Waals surface area (Å²) in [4.78, 5) is 11.4. The molecule has 20 heavy (non-hydrogen) atoms. The van der Waals surface area contributed by atoms with Gasteiger partial charge in [-0.25, -0.2) is 14.3 Å². The number of anilines is 1. The molecule has 106 valence electrons. The number of amides is 1. The van der Waals surface area contributed by atoms with Gasteiger partial charge in [-0.15, -0.1) is 0 Å². The van der Waals surface area contributed by atoms with Gasteiger partial charge in [0.05, 0.1) is 11.9 Å². The summed E-state index contributed by atoms with van der Waals surface area (Å²) in [6.07, 6.45) is 1.05. The Labute approximate surface area is 117 Å². The van der Waals surface area contributed by atoms with E-state index in [1.54, 1.807) is 12.1 Å². The zero-order valence-corrected chi connectivity index (χ0v) is 11.7. The van der Waals surface area contributed by atoms with E-state index in [0.29, 0.717) is 5.69 Å². The third kappa shape index (κ3) is 2.89. The number of nitrogens with one attached hydrogen (secondary N) is 1. The summed E-state index contributed by atoms with van der Waals surface area (Å²) in [6, 6.07) is 12.6. The molecule has 0 saturated heterocycles. The lowest BCUT2D eigenvalue weighted by atomic mass is 10.1. The van der Waals surface area contributed by atoms with E-state index in [2.05, 4.69) is 0 Å². The van der Waals surface area contributed by atoms with Crippen molar-refractivity contribution in [1.29, 1.82) is 0 Å². The molecule has 1 amide bonds. The van der Waals surface area contributed by atoms with Crippen molar-refractivity contribution >= 4 is 32.4 Å². The number of nitrogens with zero attached hydrogens (tertiary/aromatic N) is 1. The van der Waals surface area contributed by atoms with Gasteiger partial charge >= 0.3 is 0 Å². The quantitative estimate of drug-likeness (QED) is 0.490. The van der Waals surface area contributed by atoms with Crippen molar-refractivity contribution < 1.29 is 13.2 Å². The Hall–Kier alpha value is -2.12. The Morgan fingerprint density at radius 2 is 1.85 bits per heavy atom. The van der Waals surface area contributed by atoms with Crippen LogP contribution in [-0.4, -0.2) is 27.1 Å². The van der Waals surface area contributed by atoms with Gasteiger partial charge in [0.1, 0.15) is 6.54 Å². The molecular weight excluding hydrogens is 278 g/mol. The fourth-order valence-corrected chi connectivity index (χ4v) is 2.85. The molecule has 7 heteroatoms. The molecule has 2 rings (SSSR count). The van der Waals surface area contributed by atoms with E-state index in [1.807, 2.05) is 35.8 Å². The first kappa shape index (κ1) is 14.3. The lowest BCUT2D eigenvalue weighted by Gasteiger charge is -2.22. The summed E-state index contributed by atoms with van der Waals surface area (Å²) >= 11 is 0. The second-order valence-electron chi connectivity index (χ2n) is 4.34. The molecule has 0 aliphatic rings. The van der Waals surface area contributed by atoms with Gasteiger partial charge in [-0.3, -0.25) is 14.5 Å². The SMILES string of the molecule is CS(=O)(=O)N(CC(=O)NN)c1cccc2ccccc12. The average molecular weight is 293 g/mol. The number of benzene rings is 2. The number of hydrogen-bond acceptors (Lipinski definition) is 4. The van der Waals surface area contributed by atoms with Crippen LogP contribution in [0.3, 0.4) is 0 Å². The third-order valence-corrected chi connectivity index (χ3v) is 4.01. The van der Waals surface area contributed by atoms with Gasteiger partial charge in [-0.2, -0.15) is 0 Å². The van der Waals surface area contributed by atoms with E-state index in [9.17, 15) is 13.2 Å². The minimum Gasteiger partial charge on any atom is -0.293 e. The van der Waals surface area contributed by atoms with Gasteiger partial charge in [0.15, 0.2) is 0 Å². The highest BCUT2D eigenvalue weighted by atomic mass is 32.2.